The molecule has 1 aromatic carbocycles. The Bertz CT molecular complexity index is 626. The van der Waals surface area contributed by atoms with Gasteiger partial charge in [0.2, 0.25) is 5.91 Å². The normalized spacial score (nSPS) is 25.6. The Balaban J connectivity index is 0.000000878. The lowest BCUT2D eigenvalue weighted by molar-refractivity contribution is -0.126. The topological polar surface area (TPSA) is 52.6 Å². The summed E-state index contributed by atoms with van der Waals surface area (Å²) in [5.41, 5.74) is 0.716. The number of nitrogens with one attached hydrogen (secondary N) is 1. The molecule has 5 heteroatoms. The number of carbonyl (C=O) groups excluding carboxylic acids is 1. The van der Waals surface area contributed by atoms with Crippen molar-refractivity contribution in [3.63, 3.8) is 0 Å². The van der Waals surface area contributed by atoms with Gasteiger partial charge in [-0.1, -0.05) is 30.7 Å². The van der Waals surface area contributed by atoms with Crippen LogP contribution in [-0.2, 0) is 4.79 Å². The van der Waals surface area contributed by atoms with E-state index in [1.807, 2.05) is 13.8 Å². The van der Waals surface area contributed by atoms with Gasteiger partial charge < -0.3 is 10.4 Å². The van der Waals surface area contributed by atoms with Crippen molar-refractivity contribution in [2.24, 2.45) is 5.92 Å². The van der Waals surface area contributed by atoms with Crippen LogP contribution in [0, 0.1) is 12.8 Å². The highest BCUT2D eigenvalue weighted by atomic mass is 32.2. The molecule has 1 heterocycles. The van der Waals surface area contributed by atoms with Crippen molar-refractivity contribution in [1.82, 2.24) is 9.62 Å². The van der Waals surface area contributed by atoms with Crippen LogP contribution in [0.2, 0.25) is 0 Å². The minimum Gasteiger partial charge on any atom is -0.390 e. The molecule has 2 N–H and O–H groups in total. The van der Waals surface area contributed by atoms with Gasteiger partial charge in [-0.3, -0.25) is 4.79 Å². The Labute approximate surface area is 174 Å². The molecule has 0 bridgehead atoms. The molecule has 1 aliphatic carbocycles. The Morgan fingerprint density at radius 3 is 2.46 bits per heavy atom. The smallest absolute Gasteiger partial charge is 0.223 e. The third-order valence-corrected chi connectivity index (χ3v) is 6.78. The Morgan fingerprint density at radius 1 is 1.32 bits per heavy atom. The van der Waals surface area contributed by atoms with E-state index in [1.54, 1.807) is 18.0 Å². The molecule has 2 unspecified atom stereocenters. The molecule has 1 saturated carbocycles. The van der Waals surface area contributed by atoms with Gasteiger partial charge in [-0.2, -0.15) is 0 Å². The summed E-state index contributed by atoms with van der Waals surface area (Å²) in [5, 5.41) is 13.5. The quantitative estimate of drug-likeness (QED) is 0.551. The predicted octanol–water partition coefficient (Wildman–Crippen LogP) is 4.72. The van der Waals surface area contributed by atoms with E-state index in [-0.39, 0.29) is 17.9 Å². The van der Waals surface area contributed by atoms with E-state index >= 15 is 0 Å². The molecule has 3 rings (SSSR count). The molecule has 1 aliphatic heterocycles. The lowest BCUT2D eigenvalue weighted by atomic mass is 9.96. The number of nitrogens with zero attached hydrogens (tertiary/aromatic N) is 1. The van der Waals surface area contributed by atoms with Crippen molar-refractivity contribution in [3.05, 3.63) is 42.5 Å². The largest absolute Gasteiger partial charge is 0.390 e. The van der Waals surface area contributed by atoms with E-state index < -0.39 is 5.60 Å². The summed E-state index contributed by atoms with van der Waals surface area (Å²) in [6.45, 7) is 11.3. The van der Waals surface area contributed by atoms with E-state index in [0.29, 0.717) is 6.42 Å². The molecule has 28 heavy (non-hydrogen) atoms. The van der Waals surface area contributed by atoms with Crippen LogP contribution in [0.15, 0.2) is 41.8 Å². The summed E-state index contributed by atoms with van der Waals surface area (Å²) >= 11 is 1.79. The van der Waals surface area contributed by atoms with Gasteiger partial charge in [-0.25, -0.2) is 4.31 Å². The molecular formula is C23H36N2O2S. The average molecular weight is 405 g/mol. The number of carbonyl (C=O) groups is 1. The molecule has 2 atom stereocenters. The van der Waals surface area contributed by atoms with E-state index in [0.717, 1.165) is 45.2 Å². The van der Waals surface area contributed by atoms with Gasteiger partial charge in [0.25, 0.3) is 0 Å². The molecule has 0 aromatic heterocycles. The second kappa shape index (κ2) is 11.0. The van der Waals surface area contributed by atoms with Crippen LogP contribution >= 0.6 is 11.9 Å². The summed E-state index contributed by atoms with van der Waals surface area (Å²) in [6.07, 6.45) is 6.76. The number of amides is 1. The third kappa shape index (κ3) is 6.94. The zero-order valence-corrected chi connectivity index (χ0v) is 18.4. The van der Waals surface area contributed by atoms with Crippen LogP contribution < -0.4 is 5.32 Å². The molecular weight excluding hydrogens is 368 g/mol. The Kier molecular flexibility index (Phi) is 9.06. The fourth-order valence-electron chi connectivity index (χ4n) is 3.83. The Hall–Kier alpha value is -1.30. The number of piperidine rings is 1. The van der Waals surface area contributed by atoms with Gasteiger partial charge in [-0.15, -0.1) is 6.58 Å². The van der Waals surface area contributed by atoms with Crippen molar-refractivity contribution < 1.29 is 9.90 Å². The van der Waals surface area contributed by atoms with Gasteiger partial charge in [0.15, 0.2) is 0 Å². The van der Waals surface area contributed by atoms with E-state index in [9.17, 15) is 9.90 Å². The zero-order chi connectivity index (χ0) is 20.6. The monoisotopic (exact) mass is 404 g/mol. The van der Waals surface area contributed by atoms with Gasteiger partial charge in [0, 0.05) is 29.9 Å². The summed E-state index contributed by atoms with van der Waals surface area (Å²) in [7, 11) is 0. The molecule has 0 spiro atoms. The van der Waals surface area contributed by atoms with Crippen LogP contribution in [0.4, 0.5) is 0 Å². The molecule has 1 saturated heterocycles. The molecule has 2 aliphatic rings. The summed E-state index contributed by atoms with van der Waals surface area (Å²) < 4.78 is 2.36. The standard InChI is InChI=1S/C20H30N2O2S.C3H6/c1-3-20(24)11-8-17(14-20)21-19(23)16-9-12-22(13-10-16)25-18-6-4-15(2)5-7-18;1-3-2/h4-7,16-17,24H,3,8-14H2,1-2H3,(H,21,23);3H,1H2,2H3. The van der Waals surface area contributed by atoms with E-state index in [1.165, 1.54) is 10.5 Å². The first-order valence-electron chi connectivity index (χ1n) is 10.5. The van der Waals surface area contributed by atoms with Gasteiger partial charge >= 0.3 is 0 Å². The highest BCUT2D eigenvalue weighted by molar-refractivity contribution is 7.97. The van der Waals surface area contributed by atoms with Gasteiger partial charge in [0.05, 0.1) is 5.60 Å². The molecule has 0 radical (unpaired) electrons. The summed E-state index contributed by atoms with van der Waals surface area (Å²) in [6, 6.07) is 8.75. The summed E-state index contributed by atoms with van der Waals surface area (Å²) in [5.74, 6) is 0.301. The highest BCUT2D eigenvalue weighted by Crippen LogP contribution is 2.33. The second-order valence-electron chi connectivity index (χ2n) is 8.04. The SMILES string of the molecule is C=CC.CCC1(O)CCC(NC(=O)C2CCN(Sc3ccc(C)cc3)CC2)C1. The molecule has 156 valence electrons. The minimum atomic E-state index is -0.564. The number of rotatable bonds is 5. The fraction of sp³-hybridized carbons (Fsp3) is 0.609. The first-order chi connectivity index (χ1) is 13.4. The highest BCUT2D eigenvalue weighted by Gasteiger charge is 2.37. The van der Waals surface area contributed by atoms with Crippen molar-refractivity contribution >= 4 is 17.9 Å². The van der Waals surface area contributed by atoms with E-state index in [2.05, 4.69) is 47.4 Å². The maximum Gasteiger partial charge on any atom is 0.223 e. The van der Waals surface area contributed by atoms with Crippen LogP contribution in [0.3, 0.4) is 0 Å². The number of hydrogen-bond acceptors (Lipinski definition) is 4. The molecule has 1 aromatic rings. The number of benzene rings is 1. The van der Waals surface area contributed by atoms with Crippen molar-refractivity contribution in [1.29, 1.82) is 0 Å². The van der Waals surface area contributed by atoms with Crippen molar-refractivity contribution in [2.45, 2.75) is 75.8 Å². The average Bonchev–Trinajstić information content (AvgIpc) is 3.06. The van der Waals surface area contributed by atoms with Crippen LogP contribution in [0.1, 0.15) is 57.9 Å². The fourth-order valence-corrected chi connectivity index (χ4v) is 4.78. The number of allylic oxidation sites excluding steroid dienone is 1. The third-order valence-electron chi connectivity index (χ3n) is 5.67. The second-order valence-corrected chi connectivity index (χ2v) is 9.21. The maximum absolute atomic E-state index is 12.5. The summed E-state index contributed by atoms with van der Waals surface area (Å²) in [4.78, 5) is 13.8. The van der Waals surface area contributed by atoms with Gasteiger partial charge in [0.1, 0.15) is 0 Å². The van der Waals surface area contributed by atoms with Crippen LogP contribution in [0.5, 0.6) is 0 Å². The van der Waals surface area contributed by atoms with E-state index in [4.69, 9.17) is 0 Å². The first kappa shape index (κ1) is 23.0. The molecule has 4 nitrogen and oxygen atoms in total. The number of hydrogen-bond donors (Lipinski definition) is 2. The number of aryl methyl sites for hydroxylation is 1. The first-order valence-corrected chi connectivity index (χ1v) is 11.3. The van der Waals surface area contributed by atoms with Crippen LogP contribution in [0.25, 0.3) is 0 Å². The molecule has 1 amide bonds. The van der Waals surface area contributed by atoms with Crippen molar-refractivity contribution in [2.75, 3.05) is 13.1 Å². The number of aliphatic hydroxyl groups is 1. The minimum absolute atomic E-state index is 0.116. The maximum atomic E-state index is 12.5. The van der Waals surface area contributed by atoms with Crippen molar-refractivity contribution in [3.8, 4) is 0 Å². The Morgan fingerprint density at radius 2 is 1.93 bits per heavy atom. The van der Waals surface area contributed by atoms with Crippen LogP contribution in [-0.4, -0.2) is 40.1 Å². The van der Waals surface area contributed by atoms with Gasteiger partial charge in [-0.05, 0) is 76.5 Å². The lowest BCUT2D eigenvalue weighted by Gasteiger charge is -2.31. The molecule has 2 fully saturated rings. The predicted molar refractivity (Wildman–Crippen MR) is 118 cm³/mol. The lowest BCUT2D eigenvalue weighted by Crippen LogP contribution is -2.42. The zero-order valence-electron chi connectivity index (χ0n) is 17.6.